The molecule has 0 rings (SSSR count). The molecule has 0 heterocycles. The van der Waals surface area contributed by atoms with E-state index in [0.29, 0.717) is 0 Å². The molecule has 5 heavy (non-hydrogen) atoms. The van der Waals surface area contributed by atoms with Gasteiger partial charge in [-0.1, -0.05) is 5.04 Å². The molecule has 0 fully saturated rings. The van der Waals surface area contributed by atoms with Crippen LogP contribution in [-0.2, 0) is 5.04 Å². The van der Waals surface area contributed by atoms with Crippen LogP contribution in [0.2, 0.25) is 0 Å². The molecule has 0 saturated carbocycles. The Morgan fingerprint density at radius 2 is 1.00 bits per heavy atom. The zero-order valence-corrected chi connectivity index (χ0v) is 10.6. The van der Waals surface area contributed by atoms with Gasteiger partial charge >= 0.3 is 0 Å². The summed E-state index contributed by atoms with van der Waals surface area (Å²) in [4.78, 5) is 0. The van der Waals surface area contributed by atoms with E-state index in [1.54, 1.807) is 0 Å². The van der Waals surface area contributed by atoms with Crippen LogP contribution in [0.4, 0.5) is 0 Å². The molecule has 0 aromatic rings. The molecule has 0 spiro atoms. The Morgan fingerprint density at radius 3 is 1.00 bits per heavy atom. The van der Waals surface area contributed by atoms with E-state index in [1.165, 1.54) is 0 Å². The molecule has 5 heteroatoms. The van der Waals surface area contributed by atoms with Gasteiger partial charge in [0.1, 0.15) is 0 Å². The Bertz CT molecular complexity index is 4.85. The van der Waals surface area contributed by atoms with Gasteiger partial charge in [-0.2, -0.15) is 0 Å². The van der Waals surface area contributed by atoms with Crippen LogP contribution in [0.25, 0.3) is 0 Å². The monoisotopic (exact) mass is 526 g/mol. The van der Waals surface area contributed by atoms with E-state index in [2.05, 4.69) is 5.04 Å². The number of rotatable bonds is 0. The van der Waals surface area contributed by atoms with Crippen molar-refractivity contribution < 1.29 is 77.8 Å². The zero-order valence-electron chi connectivity index (χ0n) is 2.30. The molecule has 3 nitrogen and oxygen atoms in total. The van der Waals surface area contributed by atoms with Gasteiger partial charge in [-0.15, -0.1) is 0 Å². The van der Waals surface area contributed by atoms with E-state index < -0.39 is 0 Å². The van der Waals surface area contributed by atoms with E-state index in [-0.39, 0.29) is 62.2 Å². The van der Waals surface area contributed by atoms with Crippen LogP contribution in [0.5, 0.6) is 0 Å². The topological polar surface area (TPSA) is 49.7 Å². The Balaban J connectivity index is -0.0000000200. The Hall–Kier alpha value is 1.98. The molecule has 0 radical (unpaired) electrons. The summed E-state index contributed by atoms with van der Waals surface area (Å²) >= 11 is 0. The second-order valence-electron chi connectivity index (χ2n) is 0.0816. The summed E-state index contributed by atoms with van der Waals surface area (Å²) in [6, 6.07) is 0. The van der Waals surface area contributed by atoms with Crippen LogP contribution < -0.4 is 0 Å². The maximum absolute atomic E-state index is 6.62. The van der Waals surface area contributed by atoms with Crippen LogP contribution in [-0.4, -0.2) is 10.5 Å². The summed E-state index contributed by atoms with van der Waals surface area (Å²) in [6.45, 7) is 0. The average molecular weight is 526 g/mol. The second kappa shape index (κ2) is 16.7. The molecular formula is H2O3U2. The quantitative estimate of drug-likeness (QED) is 0.344. The molecule has 0 aromatic heterocycles. The molecule has 0 aromatic carbocycles. The van der Waals surface area contributed by atoms with Crippen LogP contribution in [0.15, 0.2) is 0 Å². The summed E-state index contributed by atoms with van der Waals surface area (Å²) in [5, 5.41) is 15.5. The molecular weight excluding hydrogens is 524 g/mol. The maximum atomic E-state index is 6.62. The first-order valence-corrected chi connectivity index (χ1v) is 0.365. The van der Waals surface area contributed by atoms with Crippen molar-refractivity contribution in [1.29, 1.82) is 0 Å². The standard InChI is InChI=1S/H2O3.2U/c1-3-2;;/h1-2H;;. The van der Waals surface area contributed by atoms with Crippen molar-refractivity contribution in [2.45, 2.75) is 0 Å². The third kappa shape index (κ3) is 24.1. The van der Waals surface area contributed by atoms with Gasteiger partial charge < -0.3 is 0 Å². The molecule has 0 unspecified atom stereocenters. The fraction of sp³-hybridized carbons (Fsp3) is 0. The summed E-state index contributed by atoms with van der Waals surface area (Å²) in [5.74, 6) is 0. The molecule has 0 bridgehead atoms. The van der Waals surface area contributed by atoms with Crippen molar-refractivity contribution in [3.05, 3.63) is 0 Å². The van der Waals surface area contributed by atoms with Gasteiger partial charge in [0.2, 0.25) is 0 Å². The van der Waals surface area contributed by atoms with Crippen LogP contribution in [0.3, 0.4) is 0 Å². The average Bonchev–Trinajstić information content (AvgIpc) is 0.918. The molecule has 0 aliphatic carbocycles. The fourth-order valence-corrected chi connectivity index (χ4v) is 0. The van der Waals surface area contributed by atoms with Crippen LogP contribution in [0, 0.1) is 62.2 Å². The van der Waals surface area contributed by atoms with Crippen molar-refractivity contribution in [3.8, 4) is 0 Å². The van der Waals surface area contributed by atoms with Crippen molar-refractivity contribution >= 4 is 0 Å². The van der Waals surface area contributed by atoms with Gasteiger partial charge in [0, 0.05) is 62.2 Å². The number of hydrogen-bond donors (Lipinski definition) is 2. The SMILES string of the molecule is OOO.[U].[U]. The summed E-state index contributed by atoms with van der Waals surface area (Å²) in [6.07, 6.45) is 0. The summed E-state index contributed by atoms with van der Waals surface area (Å²) in [5.41, 5.74) is 0. The summed E-state index contributed by atoms with van der Waals surface area (Å²) < 4.78 is 0. The van der Waals surface area contributed by atoms with E-state index in [9.17, 15) is 0 Å². The minimum absolute atomic E-state index is 0. The first kappa shape index (κ1) is 15.8. The smallest absolute Gasteiger partial charge is 0 e. The van der Waals surface area contributed by atoms with Gasteiger partial charge in [0.05, 0.1) is 0 Å². The van der Waals surface area contributed by atoms with Crippen LogP contribution in [0.1, 0.15) is 0 Å². The Labute approximate surface area is 76.7 Å². The molecule has 0 aliphatic heterocycles. The minimum Gasteiger partial charge on any atom is -0.221 e. The first-order chi connectivity index (χ1) is 1.41. The molecule has 0 aliphatic rings. The second-order valence-corrected chi connectivity index (χ2v) is 0.0816. The fourth-order valence-electron chi connectivity index (χ4n) is 0. The van der Waals surface area contributed by atoms with Gasteiger partial charge in [0.15, 0.2) is 0 Å². The van der Waals surface area contributed by atoms with Crippen LogP contribution >= 0.6 is 0 Å². The van der Waals surface area contributed by atoms with Gasteiger partial charge in [-0.3, -0.25) is 0 Å². The largest absolute Gasteiger partial charge is 0.221 e. The first-order valence-electron chi connectivity index (χ1n) is 0.365. The van der Waals surface area contributed by atoms with Crippen molar-refractivity contribution in [2.75, 3.05) is 0 Å². The third-order valence-corrected chi connectivity index (χ3v) is 0. The minimum atomic E-state index is 0. The van der Waals surface area contributed by atoms with Gasteiger partial charge in [0.25, 0.3) is 0 Å². The van der Waals surface area contributed by atoms with Crippen molar-refractivity contribution in [3.63, 3.8) is 0 Å². The van der Waals surface area contributed by atoms with E-state index in [0.717, 1.165) is 0 Å². The summed E-state index contributed by atoms with van der Waals surface area (Å²) in [7, 11) is 0. The van der Waals surface area contributed by atoms with Crippen molar-refractivity contribution in [1.82, 2.24) is 0 Å². The molecule has 0 saturated heterocycles. The molecule has 0 atom stereocenters. The van der Waals surface area contributed by atoms with E-state index in [1.807, 2.05) is 0 Å². The Morgan fingerprint density at radius 1 is 1.00 bits per heavy atom. The molecule has 0 amide bonds. The van der Waals surface area contributed by atoms with Gasteiger partial charge in [-0.25, -0.2) is 10.5 Å². The molecule has 28 valence electrons. The van der Waals surface area contributed by atoms with E-state index in [4.69, 9.17) is 10.5 Å². The zero-order chi connectivity index (χ0) is 2.71. The Kier molecular flexibility index (Phi) is 52.6. The predicted molar refractivity (Wildman–Crippen MR) is 6.34 cm³/mol. The normalized spacial score (nSPS) is 3.60. The maximum Gasteiger partial charge on any atom is 0 e. The third-order valence-electron chi connectivity index (χ3n) is 0. The van der Waals surface area contributed by atoms with E-state index >= 15 is 0 Å². The molecule has 2 N–H and O–H groups in total. The van der Waals surface area contributed by atoms with Crippen molar-refractivity contribution in [2.24, 2.45) is 0 Å². The predicted octanol–water partition coefficient (Wildman–Crippen LogP) is -0.0510. The number of hydrogen-bond acceptors (Lipinski definition) is 3. The van der Waals surface area contributed by atoms with Gasteiger partial charge in [-0.05, 0) is 0 Å².